The third-order valence-corrected chi connectivity index (χ3v) is 3.33. The lowest BCUT2D eigenvalue weighted by Gasteiger charge is -2.23. The minimum Gasteiger partial charge on any atom is -0.352 e. The Morgan fingerprint density at radius 1 is 0.682 bits per heavy atom. The number of thioether (sulfide) groups is 1. The molecule has 0 atom stereocenters. The van der Waals surface area contributed by atoms with E-state index < -0.39 is 5.72 Å². The molecule has 22 heavy (non-hydrogen) atoms. The molecule has 5 nitrogen and oxygen atoms in total. The lowest BCUT2D eigenvalue weighted by Crippen LogP contribution is -2.25. The summed E-state index contributed by atoms with van der Waals surface area (Å²) in [5.74, 6) is 0.838. The molecule has 0 aromatic rings. The van der Waals surface area contributed by atoms with Crippen LogP contribution in [0.3, 0.4) is 0 Å². The van der Waals surface area contributed by atoms with E-state index in [2.05, 4.69) is 34.3 Å². The van der Waals surface area contributed by atoms with Crippen LogP contribution in [0.25, 0.3) is 0 Å². The van der Waals surface area contributed by atoms with Crippen LogP contribution in [0.2, 0.25) is 0 Å². The van der Waals surface area contributed by atoms with Gasteiger partial charge in [0.1, 0.15) is 4.87 Å². The van der Waals surface area contributed by atoms with Crippen LogP contribution < -0.4 is 0 Å². The zero-order valence-electron chi connectivity index (χ0n) is 16.0. The van der Waals surface area contributed by atoms with Gasteiger partial charge in [-0.15, -0.1) is 11.8 Å². The molecule has 0 aromatic carbocycles. The smallest absolute Gasteiger partial charge is 0.173 e. The molecule has 0 N–H and O–H groups in total. The Balaban J connectivity index is 4.26. The van der Waals surface area contributed by atoms with Gasteiger partial charge in [0.25, 0.3) is 0 Å². The molecule has 0 fully saturated rings. The van der Waals surface area contributed by atoms with Crippen LogP contribution >= 0.6 is 11.8 Å². The lowest BCUT2D eigenvalue weighted by atomic mass is 10.1. The molecular weight excluding hydrogens is 296 g/mol. The first kappa shape index (κ1) is 21.5. The standard InChI is InChI=1S/C16H34N4OS/c1-13(2,3)17-19-15(7,8)21-11-12-22-16(9,10)20-18-14(4,5)6/h11-12H2,1-10H3/b19-17+,20-18+. The van der Waals surface area contributed by atoms with E-state index in [1.807, 2.05) is 55.4 Å². The molecule has 0 aliphatic heterocycles. The number of azo groups is 2. The Morgan fingerprint density at radius 3 is 1.59 bits per heavy atom. The highest BCUT2D eigenvalue weighted by atomic mass is 32.2. The molecular formula is C16H34N4OS. The summed E-state index contributed by atoms with van der Waals surface area (Å²) in [7, 11) is 0. The van der Waals surface area contributed by atoms with Gasteiger partial charge >= 0.3 is 0 Å². The summed E-state index contributed by atoms with van der Waals surface area (Å²) in [5.41, 5.74) is -0.903. The average molecular weight is 331 g/mol. The predicted molar refractivity (Wildman–Crippen MR) is 95.8 cm³/mol. The van der Waals surface area contributed by atoms with Gasteiger partial charge in [-0.05, 0) is 69.2 Å². The molecule has 0 aliphatic carbocycles. The van der Waals surface area contributed by atoms with E-state index in [9.17, 15) is 0 Å². The van der Waals surface area contributed by atoms with Gasteiger partial charge in [0.15, 0.2) is 5.72 Å². The van der Waals surface area contributed by atoms with Crippen molar-refractivity contribution in [2.75, 3.05) is 12.4 Å². The fraction of sp³-hybridized carbons (Fsp3) is 1.00. The van der Waals surface area contributed by atoms with Crippen LogP contribution in [-0.4, -0.2) is 34.0 Å². The second kappa shape index (κ2) is 7.86. The van der Waals surface area contributed by atoms with Crippen LogP contribution in [0, 0.1) is 0 Å². The van der Waals surface area contributed by atoms with E-state index >= 15 is 0 Å². The Kier molecular flexibility index (Phi) is 7.69. The summed E-state index contributed by atoms with van der Waals surface area (Å²) >= 11 is 1.73. The largest absolute Gasteiger partial charge is 0.352 e. The molecule has 6 heteroatoms. The second-order valence-corrected chi connectivity index (χ2v) is 10.0. The molecule has 0 aliphatic rings. The first-order valence-corrected chi connectivity index (χ1v) is 8.77. The Morgan fingerprint density at radius 2 is 1.14 bits per heavy atom. The molecule has 0 amide bonds. The van der Waals surface area contributed by atoms with Gasteiger partial charge in [-0.1, -0.05) is 0 Å². The lowest BCUT2D eigenvalue weighted by molar-refractivity contribution is -0.00872. The topological polar surface area (TPSA) is 58.7 Å². The SMILES string of the molecule is CC(C)(C)/N=N/C(C)(C)OCCSC(C)(C)/N=N/C(C)(C)C. The monoisotopic (exact) mass is 330 g/mol. The highest BCUT2D eigenvalue weighted by molar-refractivity contribution is 8.00. The van der Waals surface area contributed by atoms with Crippen molar-refractivity contribution >= 4 is 11.8 Å². The zero-order valence-corrected chi connectivity index (χ0v) is 16.8. The average Bonchev–Trinajstić information content (AvgIpc) is 2.29. The maximum absolute atomic E-state index is 5.81. The minimum atomic E-state index is -0.592. The molecule has 130 valence electrons. The Bertz CT molecular complexity index is 352. The van der Waals surface area contributed by atoms with Crippen LogP contribution in [0.15, 0.2) is 20.5 Å². The zero-order chi connectivity index (χ0) is 17.7. The summed E-state index contributed by atoms with van der Waals surface area (Å²) < 4.78 is 5.81. The molecule has 0 saturated heterocycles. The Labute approximate surface area is 140 Å². The molecule has 0 bridgehead atoms. The van der Waals surface area contributed by atoms with Gasteiger partial charge < -0.3 is 4.74 Å². The maximum atomic E-state index is 5.81. The minimum absolute atomic E-state index is 0.135. The third-order valence-electron chi connectivity index (χ3n) is 2.18. The summed E-state index contributed by atoms with van der Waals surface area (Å²) in [6, 6.07) is 0. The number of ether oxygens (including phenoxy) is 1. The number of hydrogen-bond donors (Lipinski definition) is 0. The van der Waals surface area contributed by atoms with E-state index in [1.165, 1.54) is 0 Å². The maximum Gasteiger partial charge on any atom is 0.173 e. The van der Waals surface area contributed by atoms with Crippen molar-refractivity contribution in [2.24, 2.45) is 20.5 Å². The quantitative estimate of drug-likeness (QED) is 0.443. The molecule has 0 unspecified atom stereocenters. The molecule has 0 radical (unpaired) electrons. The van der Waals surface area contributed by atoms with E-state index in [0.717, 1.165) is 5.75 Å². The summed E-state index contributed by atoms with van der Waals surface area (Å²) in [6.45, 7) is 20.8. The summed E-state index contributed by atoms with van der Waals surface area (Å²) in [6.07, 6.45) is 0. The van der Waals surface area contributed by atoms with Crippen LogP contribution in [0.1, 0.15) is 69.2 Å². The molecule has 0 spiro atoms. The molecule has 0 rings (SSSR count). The van der Waals surface area contributed by atoms with Crippen molar-refractivity contribution in [3.8, 4) is 0 Å². The van der Waals surface area contributed by atoms with Crippen molar-refractivity contribution in [2.45, 2.75) is 90.9 Å². The van der Waals surface area contributed by atoms with Crippen molar-refractivity contribution in [3.05, 3.63) is 0 Å². The highest BCUT2D eigenvalue weighted by Gasteiger charge is 2.22. The van der Waals surface area contributed by atoms with Gasteiger partial charge in [0.2, 0.25) is 0 Å². The van der Waals surface area contributed by atoms with Crippen LogP contribution in [0.5, 0.6) is 0 Å². The number of nitrogens with zero attached hydrogens (tertiary/aromatic N) is 4. The normalized spacial score (nSPS) is 15.2. The predicted octanol–water partition coefficient (Wildman–Crippen LogP) is 5.71. The summed E-state index contributed by atoms with van der Waals surface area (Å²) in [5, 5.41) is 17.3. The van der Waals surface area contributed by atoms with Crippen LogP contribution in [-0.2, 0) is 4.74 Å². The van der Waals surface area contributed by atoms with Gasteiger partial charge in [-0.2, -0.15) is 20.5 Å². The van der Waals surface area contributed by atoms with Crippen molar-refractivity contribution in [1.82, 2.24) is 0 Å². The van der Waals surface area contributed by atoms with Crippen molar-refractivity contribution in [3.63, 3.8) is 0 Å². The molecule has 0 saturated carbocycles. The third kappa shape index (κ3) is 13.2. The van der Waals surface area contributed by atoms with E-state index in [4.69, 9.17) is 4.74 Å². The van der Waals surface area contributed by atoms with Gasteiger partial charge in [-0.3, -0.25) is 0 Å². The molecule has 0 aromatic heterocycles. The molecule has 0 heterocycles. The first-order valence-electron chi connectivity index (χ1n) is 7.78. The van der Waals surface area contributed by atoms with E-state index in [-0.39, 0.29) is 15.9 Å². The highest BCUT2D eigenvalue weighted by Crippen LogP contribution is 2.28. The number of hydrogen-bond acceptors (Lipinski definition) is 6. The van der Waals surface area contributed by atoms with Crippen molar-refractivity contribution < 1.29 is 4.74 Å². The fourth-order valence-electron chi connectivity index (χ4n) is 1.18. The second-order valence-electron chi connectivity index (χ2n) is 8.33. The van der Waals surface area contributed by atoms with E-state index in [1.54, 1.807) is 11.8 Å². The fourth-order valence-corrected chi connectivity index (χ4v) is 1.95. The first-order chi connectivity index (χ1) is 9.62. The van der Waals surface area contributed by atoms with Crippen molar-refractivity contribution in [1.29, 1.82) is 0 Å². The van der Waals surface area contributed by atoms with Gasteiger partial charge in [0, 0.05) is 5.75 Å². The summed E-state index contributed by atoms with van der Waals surface area (Å²) in [4.78, 5) is -0.242. The van der Waals surface area contributed by atoms with Gasteiger partial charge in [-0.25, -0.2) is 0 Å². The van der Waals surface area contributed by atoms with Gasteiger partial charge in [0.05, 0.1) is 17.7 Å². The van der Waals surface area contributed by atoms with Crippen LogP contribution in [0.4, 0.5) is 0 Å². The Hall–Kier alpha value is -0.490. The number of rotatable bonds is 7. The van der Waals surface area contributed by atoms with E-state index in [0.29, 0.717) is 6.61 Å².